The summed E-state index contributed by atoms with van der Waals surface area (Å²) in [5.74, 6) is -0.667. The number of nitrogens with zero attached hydrogens (tertiary/aromatic N) is 1. The zero-order valence-corrected chi connectivity index (χ0v) is 10.1. The van der Waals surface area contributed by atoms with Crippen LogP contribution in [-0.4, -0.2) is 36.0 Å². The summed E-state index contributed by atoms with van der Waals surface area (Å²) in [6.07, 6.45) is 0. The molecule has 1 heterocycles. The molecule has 1 fully saturated rings. The lowest BCUT2D eigenvalue weighted by Crippen LogP contribution is -2.57. The third kappa shape index (κ3) is 2.31. The van der Waals surface area contributed by atoms with Crippen molar-refractivity contribution in [1.82, 2.24) is 10.2 Å². The molecule has 1 amide bonds. The third-order valence-electron chi connectivity index (χ3n) is 3.17. The van der Waals surface area contributed by atoms with Crippen LogP contribution in [0.15, 0.2) is 24.3 Å². The second-order valence-electron chi connectivity index (χ2n) is 4.55. The van der Waals surface area contributed by atoms with Gasteiger partial charge in [0.1, 0.15) is 5.82 Å². The van der Waals surface area contributed by atoms with Crippen molar-refractivity contribution in [3.05, 3.63) is 35.6 Å². The lowest BCUT2D eigenvalue weighted by molar-refractivity contribution is 0.0539. The molecule has 1 aromatic rings. The average molecular weight is 236 g/mol. The van der Waals surface area contributed by atoms with Crippen LogP contribution < -0.4 is 5.32 Å². The molecule has 0 aliphatic carbocycles. The van der Waals surface area contributed by atoms with Gasteiger partial charge in [0.25, 0.3) is 5.91 Å². The van der Waals surface area contributed by atoms with E-state index in [4.69, 9.17) is 0 Å². The van der Waals surface area contributed by atoms with E-state index >= 15 is 0 Å². The Bertz CT molecular complexity index is 412. The normalized spacial score (nSPS) is 24.8. The molecule has 2 unspecified atom stereocenters. The summed E-state index contributed by atoms with van der Waals surface area (Å²) in [7, 11) is 0. The Morgan fingerprint density at radius 3 is 2.47 bits per heavy atom. The van der Waals surface area contributed by atoms with Crippen LogP contribution in [0.4, 0.5) is 4.39 Å². The first-order valence-corrected chi connectivity index (χ1v) is 5.89. The zero-order chi connectivity index (χ0) is 12.4. The van der Waals surface area contributed by atoms with E-state index in [1.54, 1.807) is 23.1 Å². The molecule has 3 nitrogen and oxygen atoms in total. The fourth-order valence-corrected chi connectivity index (χ4v) is 2.31. The van der Waals surface area contributed by atoms with Gasteiger partial charge in [-0.05, 0) is 26.0 Å². The van der Waals surface area contributed by atoms with Crippen molar-refractivity contribution in [2.75, 3.05) is 13.1 Å². The number of carbonyl (C=O) groups is 1. The number of hydrogen-bond donors (Lipinski definition) is 1. The molecule has 0 bridgehead atoms. The van der Waals surface area contributed by atoms with Crippen LogP contribution in [0.25, 0.3) is 0 Å². The summed E-state index contributed by atoms with van der Waals surface area (Å²) in [5.41, 5.74) is 0.160. The van der Waals surface area contributed by atoms with Gasteiger partial charge in [-0.2, -0.15) is 0 Å². The minimum Gasteiger partial charge on any atom is -0.331 e. The molecule has 4 heteroatoms. The summed E-state index contributed by atoms with van der Waals surface area (Å²) in [5, 5.41) is 3.25. The standard InChI is InChI=1S/C13H17FN2O/c1-9-7-15-8-10(2)16(9)13(17)11-5-3-4-6-12(11)14/h3-6,9-10,15H,7-8H2,1-2H3. The lowest BCUT2D eigenvalue weighted by Gasteiger charge is -2.39. The first kappa shape index (κ1) is 12.0. The molecule has 92 valence electrons. The smallest absolute Gasteiger partial charge is 0.257 e. The van der Waals surface area contributed by atoms with E-state index in [0.29, 0.717) is 0 Å². The van der Waals surface area contributed by atoms with Crippen LogP contribution in [0.5, 0.6) is 0 Å². The maximum atomic E-state index is 13.6. The lowest BCUT2D eigenvalue weighted by atomic mass is 10.1. The number of hydrogen-bond acceptors (Lipinski definition) is 2. The van der Waals surface area contributed by atoms with Crippen molar-refractivity contribution in [3.63, 3.8) is 0 Å². The molecule has 1 saturated heterocycles. The summed E-state index contributed by atoms with van der Waals surface area (Å²) < 4.78 is 13.6. The van der Waals surface area contributed by atoms with Crippen LogP contribution >= 0.6 is 0 Å². The summed E-state index contributed by atoms with van der Waals surface area (Å²) in [4.78, 5) is 14.1. The minimum absolute atomic E-state index is 0.0888. The second-order valence-corrected chi connectivity index (χ2v) is 4.55. The molecule has 1 aliphatic rings. The maximum Gasteiger partial charge on any atom is 0.257 e. The molecular formula is C13H17FN2O. The summed E-state index contributed by atoms with van der Waals surface area (Å²) in [6.45, 7) is 5.46. The number of rotatable bonds is 1. The van der Waals surface area contributed by atoms with Gasteiger partial charge in [-0.15, -0.1) is 0 Å². The highest BCUT2D eigenvalue weighted by molar-refractivity contribution is 5.95. The second kappa shape index (κ2) is 4.84. The molecule has 1 aliphatic heterocycles. The molecule has 0 aromatic heterocycles. The Labute approximate surface area is 101 Å². The fourth-order valence-electron chi connectivity index (χ4n) is 2.31. The fraction of sp³-hybridized carbons (Fsp3) is 0.462. The van der Waals surface area contributed by atoms with E-state index in [-0.39, 0.29) is 23.6 Å². The number of nitrogens with one attached hydrogen (secondary N) is 1. The molecule has 17 heavy (non-hydrogen) atoms. The van der Waals surface area contributed by atoms with Crippen LogP contribution in [0.1, 0.15) is 24.2 Å². The molecule has 2 atom stereocenters. The third-order valence-corrected chi connectivity index (χ3v) is 3.17. The van der Waals surface area contributed by atoms with Crippen LogP contribution in [0.2, 0.25) is 0 Å². The molecular weight excluding hydrogens is 219 g/mol. The Kier molecular flexibility index (Phi) is 3.43. The SMILES string of the molecule is CC1CNCC(C)N1C(=O)c1ccccc1F. The maximum absolute atomic E-state index is 13.6. The largest absolute Gasteiger partial charge is 0.331 e. The minimum atomic E-state index is -0.449. The van der Waals surface area contributed by atoms with Gasteiger partial charge in [0.05, 0.1) is 5.56 Å². The van der Waals surface area contributed by atoms with Gasteiger partial charge in [0.15, 0.2) is 0 Å². The van der Waals surface area contributed by atoms with Crippen LogP contribution in [-0.2, 0) is 0 Å². The molecule has 0 saturated carbocycles. The highest BCUT2D eigenvalue weighted by Gasteiger charge is 2.30. The van der Waals surface area contributed by atoms with E-state index < -0.39 is 5.82 Å². The van der Waals surface area contributed by atoms with Crippen molar-refractivity contribution < 1.29 is 9.18 Å². The van der Waals surface area contributed by atoms with E-state index in [0.717, 1.165) is 13.1 Å². The van der Waals surface area contributed by atoms with E-state index in [9.17, 15) is 9.18 Å². The quantitative estimate of drug-likeness (QED) is 0.804. The molecule has 1 N–H and O–H groups in total. The van der Waals surface area contributed by atoms with Crippen LogP contribution in [0.3, 0.4) is 0 Å². The van der Waals surface area contributed by atoms with Crippen molar-refractivity contribution in [1.29, 1.82) is 0 Å². The first-order chi connectivity index (χ1) is 8.11. The van der Waals surface area contributed by atoms with E-state index in [1.807, 2.05) is 13.8 Å². The topological polar surface area (TPSA) is 32.3 Å². The highest BCUT2D eigenvalue weighted by atomic mass is 19.1. The van der Waals surface area contributed by atoms with Crippen molar-refractivity contribution in [3.8, 4) is 0 Å². The Hall–Kier alpha value is -1.42. The van der Waals surface area contributed by atoms with Gasteiger partial charge in [0.2, 0.25) is 0 Å². The number of carbonyl (C=O) groups excluding carboxylic acids is 1. The Morgan fingerprint density at radius 1 is 1.29 bits per heavy atom. The van der Waals surface area contributed by atoms with Gasteiger partial charge in [-0.25, -0.2) is 4.39 Å². The number of amides is 1. The van der Waals surface area contributed by atoms with Crippen molar-refractivity contribution >= 4 is 5.91 Å². The Morgan fingerprint density at radius 2 is 1.88 bits per heavy atom. The van der Waals surface area contributed by atoms with E-state index in [2.05, 4.69) is 5.32 Å². The molecule has 0 radical (unpaired) electrons. The molecule has 1 aromatic carbocycles. The average Bonchev–Trinajstić information content (AvgIpc) is 2.29. The monoisotopic (exact) mass is 236 g/mol. The summed E-state index contributed by atoms with van der Waals surface area (Å²) >= 11 is 0. The van der Waals surface area contributed by atoms with Crippen molar-refractivity contribution in [2.45, 2.75) is 25.9 Å². The van der Waals surface area contributed by atoms with Gasteiger partial charge >= 0.3 is 0 Å². The number of benzene rings is 1. The first-order valence-electron chi connectivity index (χ1n) is 5.89. The number of piperazine rings is 1. The highest BCUT2D eigenvalue weighted by Crippen LogP contribution is 2.16. The van der Waals surface area contributed by atoms with Gasteiger partial charge in [-0.3, -0.25) is 4.79 Å². The zero-order valence-electron chi connectivity index (χ0n) is 10.1. The van der Waals surface area contributed by atoms with Gasteiger partial charge in [0, 0.05) is 25.2 Å². The number of halogens is 1. The van der Waals surface area contributed by atoms with Gasteiger partial charge < -0.3 is 10.2 Å². The van der Waals surface area contributed by atoms with Gasteiger partial charge in [-0.1, -0.05) is 12.1 Å². The Balaban J connectivity index is 2.27. The van der Waals surface area contributed by atoms with E-state index in [1.165, 1.54) is 6.07 Å². The predicted molar refractivity (Wildman–Crippen MR) is 64.4 cm³/mol. The van der Waals surface area contributed by atoms with Crippen molar-refractivity contribution in [2.24, 2.45) is 0 Å². The summed E-state index contributed by atoms with van der Waals surface area (Å²) in [6, 6.07) is 6.32. The molecule has 2 rings (SSSR count). The van der Waals surface area contributed by atoms with Crippen LogP contribution in [0, 0.1) is 5.82 Å². The molecule has 0 spiro atoms. The predicted octanol–water partition coefficient (Wildman–Crippen LogP) is 1.65.